The molecule has 1 fully saturated rings. The van der Waals surface area contributed by atoms with Crippen molar-refractivity contribution < 1.29 is 14.3 Å². The Bertz CT molecular complexity index is 158. The van der Waals surface area contributed by atoms with E-state index in [9.17, 15) is 4.79 Å². The van der Waals surface area contributed by atoms with Crippen LogP contribution in [0.25, 0.3) is 0 Å². The summed E-state index contributed by atoms with van der Waals surface area (Å²) in [5.74, 6) is -0.346. The minimum absolute atomic E-state index is 0.346. The van der Waals surface area contributed by atoms with Crippen LogP contribution < -0.4 is 0 Å². The molecule has 0 radical (unpaired) electrons. The molecule has 3 nitrogen and oxygen atoms in total. The van der Waals surface area contributed by atoms with Crippen molar-refractivity contribution in [2.45, 2.75) is 26.1 Å². The van der Waals surface area contributed by atoms with Crippen molar-refractivity contribution in [1.29, 1.82) is 0 Å². The zero-order valence-corrected chi connectivity index (χ0v) is 6.60. The molecular weight excluding hydrogens is 152 g/mol. The van der Waals surface area contributed by atoms with Crippen LogP contribution in [0, 0.1) is 0 Å². The van der Waals surface area contributed by atoms with Gasteiger partial charge in [-0.15, -0.1) is 0 Å². The Balaban J connectivity index is 2.63. The van der Waals surface area contributed by atoms with Gasteiger partial charge in [-0.05, 0) is 26.1 Å². The molecule has 0 amide bonds. The molecule has 0 aliphatic carbocycles. The van der Waals surface area contributed by atoms with E-state index in [-0.39, 0.29) is 12.1 Å². The van der Waals surface area contributed by atoms with Gasteiger partial charge in [-0.25, -0.2) is 4.79 Å². The van der Waals surface area contributed by atoms with Gasteiger partial charge in [0, 0.05) is 0 Å². The molecule has 0 bridgehead atoms. The maximum absolute atomic E-state index is 10.7. The normalized spacial score (nSPS) is 33.0. The summed E-state index contributed by atoms with van der Waals surface area (Å²) in [6.45, 7) is 3.30. The Morgan fingerprint density at radius 1 is 1.30 bits per heavy atom. The first kappa shape index (κ1) is 7.47. The average molecular weight is 160 g/mol. The first-order chi connectivity index (χ1) is 4.61. The van der Waals surface area contributed by atoms with Crippen LogP contribution >= 0.6 is 12.2 Å². The lowest BCUT2D eigenvalue weighted by atomic mass is 10.3. The van der Waals surface area contributed by atoms with Gasteiger partial charge in [0.15, 0.2) is 12.2 Å². The molecule has 1 saturated heterocycles. The minimum atomic E-state index is -0.538. The van der Waals surface area contributed by atoms with Gasteiger partial charge in [0.05, 0.1) is 0 Å². The third-order valence-corrected chi connectivity index (χ3v) is 1.68. The first-order valence-corrected chi connectivity index (χ1v) is 3.43. The second kappa shape index (κ2) is 2.54. The fourth-order valence-electron chi connectivity index (χ4n) is 0.636. The monoisotopic (exact) mass is 160 g/mol. The van der Waals surface area contributed by atoms with Gasteiger partial charge in [0.2, 0.25) is 5.05 Å². The van der Waals surface area contributed by atoms with Gasteiger partial charge < -0.3 is 9.47 Å². The molecule has 0 spiro atoms. The molecule has 1 heterocycles. The van der Waals surface area contributed by atoms with Crippen molar-refractivity contribution in [3.05, 3.63) is 0 Å². The molecule has 0 saturated carbocycles. The molecule has 1 rings (SSSR count). The molecule has 2 atom stereocenters. The van der Waals surface area contributed by atoms with Crippen molar-refractivity contribution in [3.63, 3.8) is 0 Å². The van der Waals surface area contributed by atoms with Gasteiger partial charge >= 0.3 is 5.97 Å². The van der Waals surface area contributed by atoms with E-state index in [0.29, 0.717) is 5.05 Å². The number of cyclic esters (lactones) is 1. The predicted octanol–water partition coefficient (Wildman–Crippen LogP) is 0.664. The van der Waals surface area contributed by atoms with Crippen molar-refractivity contribution >= 4 is 23.2 Å². The molecule has 0 aromatic rings. The lowest BCUT2D eigenvalue weighted by Crippen LogP contribution is -2.39. The second-order valence-corrected chi connectivity index (χ2v) is 2.56. The molecule has 4 heteroatoms. The number of rotatable bonds is 0. The fraction of sp³-hybridized carbons (Fsp3) is 0.667. The standard InChI is InChI=1S/C6H8O3S/c1-3-5(7)8-4(2)6(10)9-3/h3-4H,1-2H3/t3-,4-/m0/s1. The lowest BCUT2D eigenvalue weighted by Gasteiger charge is -2.24. The predicted molar refractivity (Wildman–Crippen MR) is 38.7 cm³/mol. The van der Waals surface area contributed by atoms with Gasteiger partial charge in [0.25, 0.3) is 0 Å². The highest BCUT2D eigenvalue weighted by molar-refractivity contribution is 7.80. The van der Waals surface area contributed by atoms with E-state index in [1.165, 1.54) is 0 Å². The summed E-state index contributed by atoms with van der Waals surface area (Å²) >= 11 is 4.76. The zero-order chi connectivity index (χ0) is 7.72. The van der Waals surface area contributed by atoms with E-state index >= 15 is 0 Å². The summed E-state index contributed by atoms with van der Waals surface area (Å²) in [5.41, 5.74) is 0. The van der Waals surface area contributed by atoms with Crippen molar-refractivity contribution in [3.8, 4) is 0 Å². The highest BCUT2D eigenvalue weighted by atomic mass is 32.1. The third-order valence-electron chi connectivity index (χ3n) is 1.25. The Morgan fingerprint density at radius 2 is 1.90 bits per heavy atom. The van der Waals surface area contributed by atoms with Crippen LogP contribution in [0.3, 0.4) is 0 Å². The topological polar surface area (TPSA) is 35.5 Å². The summed E-state index contributed by atoms with van der Waals surface area (Å²) < 4.78 is 9.77. The molecule has 0 N–H and O–H groups in total. The Hall–Kier alpha value is -0.640. The molecule has 1 aliphatic heterocycles. The smallest absolute Gasteiger partial charge is 0.347 e. The highest BCUT2D eigenvalue weighted by Crippen LogP contribution is 2.10. The van der Waals surface area contributed by atoms with Crippen LogP contribution in [0.15, 0.2) is 0 Å². The number of esters is 1. The molecule has 0 unspecified atom stereocenters. The molecule has 56 valence electrons. The lowest BCUT2D eigenvalue weighted by molar-refractivity contribution is -0.159. The van der Waals surface area contributed by atoms with Gasteiger partial charge in [-0.1, -0.05) is 0 Å². The summed E-state index contributed by atoms with van der Waals surface area (Å²) in [4.78, 5) is 10.7. The molecule has 0 aromatic heterocycles. The van der Waals surface area contributed by atoms with Crippen molar-refractivity contribution in [1.82, 2.24) is 0 Å². The van der Waals surface area contributed by atoms with E-state index in [1.54, 1.807) is 13.8 Å². The summed E-state index contributed by atoms with van der Waals surface area (Å²) in [5, 5.41) is 0.354. The molecular formula is C6H8O3S. The maximum atomic E-state index is 10.7. The van der Waals surface area contributed by atoms with Crippen molar-refractivity contribution in [2.75, 3.05) is 0 Å². The van der Waals surface area contributed by atoms with E-state index < -0.39 is 6.10 Å². The van der Waals surface area contributed by atoms with Crippen LogP contribution in [0.5, 0.6) is 0 Å². The largest absolute Gasteiger partial charge is 0.469 e. The van der Waals surface area contributed by atoms with Gasteiger partial charge in [-0.2, -0.15) is 0 Å². The van der Waals surface area contributed by atoms with Crippen LogP contribution in [-0.4, -0.2) is 23.2 Å². The van der Waals surface area contributed by atoms with Gasteiger partial charge in [0.1, 0.15) is 0 Å². The van der Waals surface area contributed by atoms with Crippen LogP contribution in [0.2, 0.25) is 0 Å². The number of hydrogen-bond acceptors (Lipinski definition) is 4. The molecule has 10 heavy (non-hydrogen) atoms. The maximum Gasteiger partial charge on any atom is 0.347 e. The summed E-state index contributed by atoms with van der Waals surface area (Å²) in [7, 11) is 0. The van der Waals surface area contributed by atoms with E-state index in [2.05, 4.69) is 0 Å². The minimum Gasteiger partial charge on any atom is -0.469 e. The number of carbonyl (C=O) groups is 1. The number of thiocarbonyl (C=S) groups is 1. The molecule has 0 aromatic carbocycles. The Morgan fingerprint density at radius 3 is 2.40 bits per heavy atom. The van der Waals surface area contributed by atoms with Crippen LogP contribution in [-0.2, 0) is 14.3 Å². The van der Waals surface area contributed by atoms with Crippen LogP contribution in [0.4, 0.5) is 0 Å². The zero-order valence-electron chi connectivity index (χ0n) is 5.79. The number of ether oxygens (including phenoxy) is 2. The summed E-state index contributed by atoms with van der Waals surface area (Å²) in [6.07, 6.45) is -0.914. The second-order valence-electron chi connectivity index (χ2n) is 2.16. The third kappa shape index (κ3) is 1.26. The van der Waals surface area contributed by atoms with E-state index in [0.717, 1.165) is 0 Å². The Kier molecular flexibility index (Phi) is 1.89. The molecule has 1 aliphatic rings. The van der Waals surface area contributed by atoms with E-state index in [4.69, 9.17) is 21.7 Å². The SMILES string of the molecule is C[C@@H]1OC(=S)[C@H](C)OC1=O. The number of carbonyl (C=O) groups excluding carboxylic acids is 1. The first-order valence-electron chi connectivity index (χ1n) is 3.02. The van der Waals surface area contributed by atoms with E-state index in [1.807, 2.05) is 0 Å². The van der Waals surface area contributed by atoms with Crippen LogP contribution in [0.1, 0.15) is 13.8 Å². The van der Waals surface area contributed by atoms with Gasteiger partial charge in [-0.3, -0.25) is 0 Å². The van der Waals surface area contributed by atoms with Crippen molar-refractivity contribution in [2.24, 2.45) is 0 Å². The Labute approximate surface area is 64.3 Å². The number of hydrogen-bond donors (Lipinski definition) is 0. The highest BCUT2D eigenvalue weighted by Gasteiger charge is 2.29. The average Bonchev–Trinajstić information content (AvgIpc) is 1.84. The summed E-state index contributed by atoms with van der Waals surface area (Å²) in [6, 6.07) is 0. The fourth-order valence-corrected chi connectivity index (χ4v) is 0.829. The quantitative estimate of drug-likeness (QED) is 0.385.